The van der Waals surface area contributed by atoms with Gasteiger partial charge in [0.05, 0.1) is 0 Å². The summed E-state index contributed by atoms with van der Waals surface area (Å²) in [6, 6.07) is 2.03. The quantitative estimate of drug-likeness (QED) is 0.644. The van der Waals surface area contributed by atoms with E-state index in [4.69, 9.17) is 0 Å². The lowest BCUT2D eigenvalue weighted by atomic mass is 10.1. The average Bonchev–Trinajstić information content (AvgIpc) is 1.83. The van der Waals surface area contributed by atoms with Gasteiger partial charge in [0.1, 0.15) is 0 Å². The summed E-state index contributed by atoms with van der Waals surface area (Å²) >= 11 is 0. The van der Waals surface area contributed by atoms with Gasteiger partial charge in [-0.05, 0) is 38.0 Å². The van der Waals surface area contributed by atoms with E-state index in [1.54, 1.807) is 0 Å². The molecule has 1 aromatic rings. The monoisotopic (exact) mass is 249 g/mol. The Morgan fingerprint density at radius 3 is 2.20 bits per heavy atom. The lowest BCUT2D eigenvalue weighted by molar-refractivity contribution is 1.12. The third-order valence-corrected chi connectivity index (χ3v) is 1.73. The molecule has 0 bridgehead atoms. The molecule has 10 heavy (non-hydrogen) atoms. The molecule has 0 fully saturated rings. The maximum absolute atomic E-state index is 4.14. The summed E-state index contributed by atoms with van der Waals surface area (Å²) in [6.07, 6.45) is 1.84. The minimum Gasteiger partial charge on any atom is -0.261 e. The van der Waals surface area contributed by atoms with Crippen LogP contribution < -0.4 is 0 Å². The van der Waals surface area contributed by atoms with Crippen molar-refractivity contribution in [1.29, 1.82) is 0 Å². The molecule has 0 aliphatic heterocycles. The number of aromatic nitrogens is 1. The Morgan fingerprint density at radius 1 is 1.20 bits per heavy atom. The fourth-order valence-corrected chi connectivity index (χ4v) is 0.768. The van der Waals surface area contributed by atoms with Gasteiger partial charge in [0.15, 0.2) is 0 Å². The van der Waals surface area contributed by atoms with Gasteiger partial charge in [-0.1, -0.05) is 0 Å². The molecule has 1 aromatic heterocycles. The van der Waals surface area contributed by atoms with E-state index in [1.165, 1.54) is 11.1 Å². The number of hydrogen-bond acceptors (Lipinski definition) is 1. The zero-order valence-corrected chi connectivity index (χ0v) is 8.84. The normalized spacial score (nSPS) is 8.70. The van der Waals surface area contributed by atoms with Crippen molar-refractivity contribution in [3.63, 3.8) is 0 Å². The summed E-state index contributed by atoms with van der Waals surface area (Å²) in [5.41, 5.74) is 3.76. The van der Waals surface area contributed by atoms with E-state index in [1.807, 2.05) is 19.2 Å². The van der Waals surface area contributed by atoms with E-state index < -0.39 is 0 Å². The SMILES string of the molecule is Cc1ccnc(C)c1C.I. The van der Waals surface area contributed by atoms with Crippen molar-refractivity contribution >= 4 is 24.0 Å². The number of nitrogens with zero attached hydrogens (tertiary/aromatic N) is 1. The van der Waals surface area contributed by atoms with Gasteiger partial charge in [-0.3, -0.25) is 4.98 Å². The molecule has 1 nitrogen and oxygen atoms in total. The van der Waals surface area contributed by atoms with Crippen LogP contribution in [0.4, 0.5) is 0 Å². The van der Waals surface area contributed by atoms with E-state index in [0.717, 1.165) is 5.69 Å². The fraction of sp³-hybridized carbons (Fsp3) is 0.375. The van der Waals surface area contributed by atoms with E-state index >= 15 is 0 Å². The molecule has 0 saturated heterocycles. The second-order valence-electron chi connectivity index (χ2n) is 2.34. The van der Waals surface area contributed by atoms with E-state index in [9.17, 15) is 0 Å². The van der Waals surface area contributed by atoms with Crippen LogP contribution in [0.1, 0.15) is 16.8 Å². The first-order valence-electron chi connectivity index (χ1n) is 3.10. The van der Waals surface area contributed by atoms with Crippen LogP contribution in [0.5, 0.6) is 0 Å². The highest BCUT2D eigenvalue weighted by molar-refractivity contribution is 14.0. The summed E-state index contributed by atoms with van der Waals surface area (Å²) < 4.78 is 0. The molecule has 56 valence electrons. The van der Waals surface area contributed by atoms with Crippen molar-refractivity contribution in [1.82, 2.24) is 4.98 Å². The first-order valence-corrected chi connectivity index (χ1v) is 3.10. The second kappa shape index (κ2) is 3.91. The molecule has 0 aliphatic carbocycles. The van der Waals surface area contributed by atoms with Crippen LogP contribution in [0.15, 0.2) is 12.3 Å². The molecular formula is C8H12IN. The van der Waals surface area contributed by atoms with Gasteiger partial charge in [0, 0.05) is 11.9 Å². The molecule has 0 spiro atoms. The third kappa shape index (κ3) is 1.94. The molecule has 0 radical (unpaired) electrons. The van der Waals surface area contributed by atoms with Crippen LogP contribution in [0, 0.1) is 20.8 Å². The van der Waals surface area contributed by atoms with Gasteiger partial charge in [0.2, 0.25) is 0 Å². The second-order valence-corrected chi connectivity index (χ2v) is 2.34. The summed E-state index contributed by atoms with van der Waals surface area (Å²) in [6.45, 7) is 6.23. The van der Waals surface area contributed by atoms with Gasteiger partial charge < -0.3 is 0 Å². The number of hydrogen-bond donors (Lipinski definition) is 0. The van der Waals surface area contributed by atoms with Crippen molar-refractivity contribution in [3.8, 4) is 0 Å². The van der Waals surface area contributed by atoms with Crippen LogP contribution in [0.2, 0.25) is 0 Å². The molecule has 0 aliphatic rings. The summed E-state index contributed by atoms with van der Waals surface area (Å²) in [5, 5.41) is 0. The standard InChI is InChI=1S/C8H11N.HI/c1-6-4-5-9-8(3)7(6)2;/h4-5H,1-3H3;1H. The Bertz CT molecular complexity index is 200. The number of aryl methyl sites for hydroxylation is 2. The number of rotatable bonds is 0. The summed E-state index contributed by atoms with van der Waals surface area (Å²) in [7, 11) is 0. The van der Waals surface area contributed by atoms with Crippen LogP contribution in [0.25, 0.3) is 0 Å². The highest BCUT2D eigenvalue weighted by Crippen LogP contribution is 2.06. The summed E-state index contributed by atoms with van der Waals surface area (Å²) in [5.74, 6) is 0. The Balaban J connectivity index is 0.000000810. The average molecular weight is 249 g/mol. The number of halogens is 1. The Morgan fingerprint density at radius 2 is 1.80 bits per heavy atom. The molecule has 0 saturated carbocycles. The lowest BCUT2D eigenvalue weighted by Gasteiger charge is -1.99. The maximum Gasteiger partial charge on any atom is 0.0404 e. The van der Waals surface area contributed by atoms with Gasteiger partial charge in [-0.25, -0.2) is 0 Å². The highest BCUT2D eigenvalue weighted by atomic mass is 127. The molecule has 0 unspecified atom stereocenters. The molecule has 0 N–H and O–H groups in total. The fourth-order valence-electron chi connectivity index (χ4n) is 0.768. The van der Waals surface area contributed by atoms with Crippen LogP contribution in [-0.2, 0) is 0 Å². The van der Waals surface area contributed by atoms with Gasteiger partial charge in [-0.2, -0.15) is 0 Å². The first-order chi connectivity index (χ1) is 4.22. The highest BCUT2D eigenvalue weighted by Gasteiger charge is 1.93. The smallest absolute Gasteiger partial charge is 0.0404 e. The molecule has 1 heterocycles. The number of pyridine rings is 1. The van der Waals surface area contributed by atoms with Crippen LogP contribution >= 0.6 is 24.0 Å². The Kier molecular flexibility index (Phi) is 3.86. The van der Waals surface area contributed by atoms with Gasteiger partial charge >= 0.3 is 0 Å². The largest absolute Gasteiger partial charge is 0.261 e. The first kappa shape index (κ1) is 9.88. The van der Waals surface area contributed by atoms with Crippen molar-refractivity contribution in [2.45, 2.75) is 20.8 Å². The topological polar surface area (TPSA) is 12.9 Å². The lowest BCUT2D eigenvalue weighted by Crippen LogP contribution is -1.87. The molecule has 1 rings (SSSR count). The van der Waals surface area contributed by atoms with E-state index in [2.05, 4.69) is 18.8 Å². The zero-order valence-electron chi connectivity index (χ0n) is 6.51. The van der Waals surface area contributed by atoms with Crippen molar-refractivity contribution in [2.24, 2.45) is 0 Å². The Labute approximate surface area is 78.9 Å². The molecular weight excluding hydrogens is 237 g/mol. The minimum absolute atomic E-state index is 0. The molecule has 0 atom stereocenters. The van der Waals surface area contributed by atoms with Crippen molar-refractivity contribution < 1.29 is 0 Å². The van der Waals surface area contributed by atoms with E-state index in [0.29, 0.717) is 0 Å². The van der Waals surface area contributed by atoms with Crippen molar-refractivity contribution in [3.05, 3.63) is 29.1 Å². The Hall–Kier alpha value is -0.120. The minimum atomic E-state index is 0. The van der Waals surface area contributed by atoms with E-state index in [-0.39, 0.29) is 24.0 Å². The molecule has 0 amide bonds. The summed E-state index contributed by atoms with van der Waals surface area (Å²) in [4.78, 5) is 4.14. The zero-order chi connectivity index (χ0) is 6.85. The third-order valence-electron chi connectivity index (χ3n) is 1.73. The predicted octanol–water partition coefficient (Wildman–Crippen LogP) is 2.62. The van der Waals surface area contributed by atoms with Crippen LogP contribution in [-0.4, -0.2) is 4.98 Å². The molecule has 2 heteroatoms. The van der Waals surface area contributed by atoms with Crippen molar-refractivity contribution in [2.75, 3.05) is 0 Å². The van der Waals surface area contributed by atoms with Gasteiger partial charge in [-0.15, -0.1) is 24.0 Å². The predicted molar refractivity (Wildman–Crippen MR) is 53.9 cm³/mol. The maximum atomic E-state index is 4.14. The molecule has 0 aromatic carbocycles. The van der Waals surface area contributed by atoms with Crippen LogP contribution in [0.3, 0.4) is 0 Å². The van der Waals surface area contributed by atoms with Gasteiger partial charge in [0.25, 0.3) is 0 Å².